The first-order chi connectivity index (χ1) is 12.0. The van der Waals surface area contributed by atoms with Gasteiger partial charge < -0.3 is 9.84 Å². The Morgan fingerprint density at radius 1 is 1.16 bits per heavy atom. The van der Waals surface area contributed by atoms with Gasteiger partial charge >= 0.3 is 5.97 Å². The number of carbonyl (C=O) groups excluding carboxylic acids is 1. The summed E-state index contributed by atoms with van der Waals surface area (Å²) in [6, 6.07) is 13.7. The molecule has 0 saturated heterocycles. The van der Waals surface area contributed by atoms with Gasteiger partial charge in [-0.15, -0.1) is 0 Å². The summed E-state index contributed by atoms with van der Waals surface area (Å²) in [4.78, 5) is 11.5. The molecule has 1 aliphatic carbocycles. The summed E-state index contributed by atoms with van der Waals surface area (Å²) in [6.45, 7) is 5.27. The van der Waals surface area contributed by atoms with E-state index >= 15 is 0 Å². The molecule has 1 aliphatic rings. The van der Waals surface area contributed by atoms with Crippen molar-refractivity contribution in [3.8, 4) is 16.9 Å². The molecule has 0 radical (unpaired) electrons. The molecule has 0 unspecified atom stereocenters. The summed E-state index contributed by atoms with van der Waals surface area (Å²) in [7, 11) is 0. The lowest BCUT2D eigenvalue weighted by atomic mass is 9.78. The molecule has 0 aromatic heterocycles. The maximum Gasteiger partial charge on any atom is 0.308 e. The molecule has 1 fully saturated rings. The molecule has 130 valence electrons. The Kier molecular flexibility index (Phi) is 5.05. The molecule has 2 aromatic rings. The SMILES string of the molecule is C=Cc1ccccc1-c1ccc(OC(C)=O)c(C2(O)CCCCC2)c1. The zero-order chi connectivity index (χ0) is 17.9. The fourth-order valence-corrected chi connectivity index (χ4v) is 3.65. The standard InChI is InChI=1S/C22H24O3/c1-3-17-9-5-6-10-19(17)18-11-12-21(25-16(2)23)20(15-18)22(24)13-7-4-8-14-22/h3,5-6,9-12,15,24H,1,4,7-8,13-14H2,2H3. The molecule has 0 bridgehead atoms. The highest BCUT2D eigenvalue weighted by molar-refractivity contribution is 5.77. The van der Waals surface area contributed by atoms with E-state index in [0.29, 0.717) is 24.2 Å². The number of hydrogen-bond donors (Lipinski definition) is 1. The van der Waals surface area contributed by atoms with E-state index in [1.54, 1.807) is 6.07 Å². The molecule has 25 heavy (non-hydrogen) atoms. The summed E-state index contributed by atoms with van der Waals surface area (Å²) < 4.78 is 5.39. The van der Waals surface area contributed by atoms with Crippen LogP contribution >= 0.6 is 0 Å². The Labute approximate surface area is 149 Å². The van der Waals surface area contributed by atoms with Crippen molar-refractivity contribution in [1.82, 2.24) is 0 Å². The van der Waals surface area contributed by atoms with Crippen LogP contribution in [0.2, 0.25) is 0 Å². The average Bonchev–Trinajstić information content (AvgIpc) is 2.62. The van der Waals surface area contributed by atoms with Crippen molar-refractivity contribution in [1.29, 1.82) is 0 Å². The van der Waals surface area contributed by atoms with Crippen molar-refractivity contribution in [2.75, 3.05) is 0 Å². The Morgan fingerprint density at radius 2 is 1.88 bits per heavy atom. The first-order valence-corrected chi connectivity index (χ1v) is 8.81. The number of carbonyl (C=O) groups is 1. The lowest BCUT2D eigenvalue weighted by molar-refractivity contribution is -0.132. The predicted octanol–water partition coefficient (Wildman–Crippen LogP) is 5.07. The van der Waals surface area contributed by atoms with Gasteiger partial charge in [-0.2, -0.15) is 0 Å². The fraction of sp³-hybridized carbons (Fsp3) is 0.318. The van der Waals surface area contributed by atoms with Gasteiger partial charge in [-0.05, 0) is 41.7 Å². The largest absolute Gasteiger partial charge is 0.426 e. The minimum absolute atomic E-state index is 0.375. The van der Waals surface area contributed by atoms with Gasteiger partial charge in [-0.1, -0.05) is 62.2 Å². The van der Waals surface area contributed by atoms with Crippen LogP contribution in [0.15, 0.2) is 49.0 Å². The van der Waals surface area contributed by atoms with Crippen LogP contribution < -0.4 is 4.74 Å². The van der Waals surface area contributed by atoms with E-state index in [4.69, 9.17) is 4.74 Å². The van der Waals surface area contributed by atoms with E-state index in [1.807, 2.05) is 42.5 Å². The van der Waals surface area contributed by atoms with Crippen LogP contribution in [0.4, 0.5) is 0 Å². The van der Waals surface area contributed by atoms with Gasteiger partial charge in [0.1, 0.15) is 5.75 Å². The normalized spacial score (nSPS) is 16.2. The highest BCUT2D eigenvalue weighted by atomic mass is 16.5. The van der Waals surface area contributed by atoms with Crippen LogP contribution in [-0.4, -0.2) is 11.1 Å². The average molecular weight is 336 g/mol. The van der Waals surface area contributed by atoms with Gasteiger partial charge in [0.05, 0.1) is 5.60 Å². The highest BCUT2D eigenvalue weighted by Crippen LogP contribution is 2.43. The van der Waals surface area contributed by atoms with Crippen molar-refractivity contribution < 1.29 is 14.6 Å². The van der Waals surface area contributed by atoms with Crippen molar-refractivity contribution in [3.63, 3.8) is 0 Å². The molecule has 3 rings (SSSR count). The maximum absolute atomic E-state index is 11.5. The van der Waals surface area contributed by atoms with Crippen molar-refractivity contribution >= 4 is 12.0 Å². The summed E-state index contributed by atoms with van der Waals surface area (Å²) in [6.07, 6.45) is 6.28. The molecule has 3 heteroatoms. The smallest absolute Gasteiger partial charge is 0.308 e. The first-order valence-electron chi connectivity index (χ1n) is 8.81. The quantitative estimate of drug-likeness (QED) is 0.626. The summed E-state index contributed by atoms with van der Waals surface area (Å²) in [5.74, 6) is 0.0802. The number of esters is 1. The second-order valence-corrected chi connectivity index (χ2v) is 6.69. The zero-order valence-electron chi connectivity index (χ0n) is 14.6. The molecule has 1 N–H and O–H groups in total. The lowest BCUT2D eigenvalue weighted by Gasteiger charge is -2.34. The molecule has 0 amide bonds. The summed E-state index contributed by atoms with van der Waals surface area (Å²) in [5.41, 5.74) is 2.83. The van der Waals surface area contributed by atoms with Gasteiger partial charge in [0.2, 0.25) is 0 Å². The monoisotopic (exact) mass is 336 g/mol. The van der Waals surface area contributed by atoms with Crippen molar-refractivity contribution in [3.05, 3.63) is 60.2 Å². The molecule has 0 spiro atoms. The number of hydrogen-bond acceptors (Lipinski definition) is 3. The topological polar surface area (TPSA) is 46.5 Å². The van der Waals surface area contributed by atoms with Gasteiger partial charge in [0.15, 0.2) is 0 Å². The van der Waals surface area contributed by atoms with Crippen LogP contribution in [-0.2, 0) is 10.4 Å². The molecular formula is C22H24O3. The zero-order valence-corrected chi connectivity index (χ0v) is 14.6. The minimum atomic E-state index is -0.942. The van der Waals surface area contributed by atoms with Crippen LogP contribution in [0, 0.1) is 0 Å². The molecule has 1 saturated carbocycles. The van der Waals surface area contributed by atoms with Gasteiger partial charge in [-0.3, -0.25) is 4.79 Å². The van der Waals surface area contributed by atoms with Crippen molar-refractivity contribution in [2.24, 2.45) is 0 Å². The molecular weight excluding hydrogens is 312 g/mol. The van der Waals surface area contributed by atoms with E-state index in [2.05, 4.69) is 6.58 Å². The Hall–Kier alpha value is -2.39. The number of rotatable bonds is 4. The van der Waals surface area contributed by atoms with Crippen LogP contribution in [0.1, 0.15) is 50.2 Å². The number of aliphatic hydroxyl groups is 1. The first kappa shape index (κ1) is 17.4. The highest BCUT2D eigenvalue weighted by Gasteiger charge is 2.34. The van der Waals surface area contributed by atoms with Crippen LogP contribution in [0.5, 0.6) is 5.75 Å². The van der Waals surface area contributed by atoms with Gasteiger partial charge in [0.25, 0.3) is 0 Å². The van der Waals surface area contributed by atoms with Crippen molar-refractivity contribution in [2.45, 2.75) is 44.6 Å². The summed E-state index contributed by atoms with van der Waals surface area (Å²) in [5, 5.41) is 11.2. The molecule has 0 heterocycles. The van der Waals surface area contributed by atoms with E-state index in [0.717, 1.165) is 36.0 Å². The Morgan fingerprint density at radius 3 is 2.56 bits per heavy atom. The molecule has 3 nitrogen and oxygen atoms in total. The van der Waals surface area contributed by atoms with Gasteiger partial charge in [0, 0.05) is 12.5 Å². The second-order valence-electron chi connectivity index (χ2n) is 6.69. The Balaban J connectivity index is 2.12. The third kappa shape index (κ3) is 3.67. The van der Waals surface area contributed by atoms with E-state index in [1.165, 1.54) is 6.92 Å². The minimum Gasteiger partial charge on any atom is -0.426 e. The number of benzene rings is 2. The molecule has 2 aromatic carbocycles. The molecule has 0 atom stereocenters. The van der Waals surface area contributed by atoms with Gasteiger partial charge in [-0.25, -0.2) is 0 Å². The van der Waals surface area contributed by atoms with E-state index in [9.17, 15) is 9.90 Å². The third-order valence-electron chi connectivity index (χ3n) is 4.91. The summed E-state index contributed by atoms with van der Waals surface area (Å²) >= 11 is 0. The third-order valence-corrected chi connectivity index (χ3v) is 4.91. The van der Waals surface area contributed by atoms with Crippen LogP contribution in [0.3, 0.4) is 0 Å². The Bertz CT molecular complexity index is 786. The second kappa shape index (κ2) is 7.24. The number of ether oxygens (including phenoxy) is 1. The van der Waals surface area contributed by atoms with Crippen LogP contribution in [0.25, 0.3) is 17.2 Å². The van der Waals surface area contributed by atoms with E-state index in [-0.39, 0.29) is 5.97 Å². The molecule has 0 aliphatic heterocycles. The van der Waals surface area contributed by atoms with E-state index < -0.39 is 5.60 Å². The fourth-order valence-electron chi connectivity index (χ4n) is 3.65. The predicted molar refractivity (Wildman–Crippen MR) is 100 cm³/mol. The maximum atomic E-state index is 11.5. The lowest BCUT2D eigenvalue weighted by Crippen LogP contribution is -2.29.